The van der Waals surface area contributed by atoms with Crippen molar-refractivity contribution in [2.24, 2.45) is 0 Å². The molecule has 0 aliphatic rings. The third-order valence-corrected chi connectivity index (χ3v) is 3.58. The van der Waals surface area contributed by atoms with Crippen molar-refractivity contribution in [3.8, 4) is 5.75 Å². The fourth-order valence-corrected chi connectivity index (χ4v) is 2.29. The SMILES string of the molecule is COc1ccc(Cl)cc1CC(=O)OCC(=O)NCc1ccc(F)cc1. The van der Waals surface area contributed by atoms with E-state index < -0.39 is 18.5 Å². The Morgan fingerprint density at radius 2 is 1.88 bits per heavy atom. The van der Waals surface area contributed by atoms with Crippen molar-refractivity contribution >= 4 is 23.5 Å². The van der Waals surface area contributed by atoms with Gasteiger partial charge in [0.15, 0.2) is 6.61 Å². The maximum atomic E-state index is 12.8. The van der Waals surface area contributed by atoms with Gasteiger partial charge in [-0.15, -0.1) is 0 Å². The van der Waals surface area contributed by atoms with Gasteiger partial charge in [0.25, 0.3) is 5.91 Å². The lowest BCUT2D eigenvalue weighted by atomic mass is 10.1. The summed E-state index contributed by atoms with van der Waals surface area (Å²) in [5.41, 5.74) is 1.32. The number of halogens is 2. The third-order valence-electron chi connectivity index (χ3n) is 3.34. The zero-order chi connectivity index (χ0) is 18.2. The predicted octanol–water partition coefficient (Wildman–Crippen LogP) is 2.89. The molecule has 2 aromatic rings. The largest absolute Gasteiger partial charge is 0.496 e. The number of benzene rings is 2. The Hall–Kier alpha value is -2.60. The summed E-state index contributed by atoms with van der Waals surface area (Å²) in [6.45, 7) is -0.179. The van der Waals surface area contributed by atoms with E-state index in [1.165, 1.54) is 19.2 Å². The summed E-state index contributed by atoms with van der Waals surface area (Å²) in [7, 11) is 1.49. The molecule has 2 aromatic carbocycles. The van der Waals surface area contributed by atoms with Crippen LogP contribution in [0.3, 0.4) is 0 Å². The lowest BCUT2D eigenvalue weighted by molar-refractivity contribution is -0.147. The van der Waals surface area contributed by atoms with Crippen molar-refractivity contribution in [3.63, 3.8) is 0 Å². The molecule has 0 atom stereocenters. The summed E-state index contributed by atoms with van der Waals surface area (Å²) < 4.78 is 22.9. The zero-order valence-corrected chi connectivity index (χ0v) is 14.3. The molecule has 0 saturated heterocycles. The van der Waals surface area contributed by atoms with Gasteiger partial charge in [0.1, 0.15) is 11.6 Å². The lowest BCUT2D eigenvalue weighted by Crippen LogP contribution is -2.28. The topological polar surface area (TPSA) is 64.6 Å². The molecule has 7 heteroatoms. The average molecular weight is 366 g/mol. The molecule has 2 rings (SSSR count). The van der Waals surface area contributed by atoms with Gasteiger partial charge in [-0.2, -0.15) is 0 Å². The number of esters is 1. The number of rotatable bonds is 7. The summed E-state index contributed by atoms with van der Waals surface area (Å²) in [5, 5.41) is 3.06. The van der Waals surface area contributed by atoms with Crippen molar-refractivity contribution in [1.82, 2.24) is 5.32 Å². The number of hydrogen-bond acceptors (Lipinski definition) is 4. The Balaban J connectivity index is 1.78. The fraction of sp³-hybridized carbons (Fsp3) is 0.222. The second kappa shape index (κ2) is 9.03. The summed E-state index contributed by atoms with van der Waals surface area (Å²) >= 11 is 5.90. The minimum absolute atomic E-state index is 0.0605. The van der Waals surface area contributed by atoms with Crippen LogP contribution < -0.4 is 10.1 Å². The number of amides is 1. The number of methoxy groups -OCH3 is 1. The van der Waals surface area contributed by atoms with Crippen LogP contribution in [0.4, 0.5) is 4.39 Å². The van der Waals surface area contributed by atoms with E-state index in [2.05, 4.69) is 5.32 Å². The van der Waals surface area contributed by atoms with Crippen LogP contribution in [0.5, 0.6) is 5.75 Å². The van der Waals surface area contributed by atoms with Gasteiger partial charge in [0.2, 0.25) is 0 Å². The van der Waals surface area contributed by atoms with Crippen LogP contribution in [0, 0.1) is 5.82 Å². The maximum Gasteiger partial charge on any atom is 0.310 e. The molecule has 0 unspecified atom stereocenters. The third kappa shape index (κ3) is 6.08. The highest BCUT2D eigenvalue weighted by Gasteiger charge is 2.12. The van der Waals surface area contributed by atoms with Gasteiger partial charge in [-0.05, 0) is 35.9 Å². The second-order valence-corrected chi connectivity index (χ2v) is 5.63. The molecule has 0 spiro atoms. The van der Waals surface area contributed by atoms with Crippen molar-refractivity contribution in [2.75, 3.05) is 13.7 Å². The van der Waals surface area contributed by atoms with Gasteiger partial charge in [0, 0.05) is 17.1 Å². The Kier molecular flexibility index (Phi) is 6.77. The highest BCUT2D eigenvalue weighted by Crippen LogP contribution is 2.23. The summed E-state index contributed by atoms with van der Waals surface area (Å²) in [6, 6.07) is 10.6. The number of nitrogens with one attached hydrogen (secondary N) is 1. The smallest absolute Gasteiger partial charge is 0.310 e. The van der Waals surface area contributed by atoms with E-state index in [0.29, 0.717) is 16.3 Å². The predicted molar refractivity (Wildman–Crippen MR) is 90.9 cm³/mol. The van der Waals surface area contributed by atoms with Crippen LogP contribution >= 0.6 is 11.6 Å². The van der Waals surface area contributed by atoms with Gasteiger partial charge < -0.3 is 14.8 Å². The van der Waals surface area contributed by atoms with Crippen LogP contribution in [0.15, 0.2) is 42.5 Å². The van der Waals surface area contributed by atoms with Crippen LogP contribution in [-0.2, 0) is 27.3 Å². The van der Waals surface area contributed by atoms with Crippen molar-refractivity contribution in [1.29, 1.82) is 0 Å². The summed E-state index contributed by atoms with van der Waals surface area (Å²) in [5.74, 6) is -0.851. The molecule has 0 aromatic heterocycles. The van der Waals surface area contributed by atoms with E-state index in [4.69, 9.17) is 21.1 Å². The number of ether oxygens (including phenoxy) is 2. The van der Waals surface area contributed by atoms with E-state index in [1.807, 2.05) is 0 Å². The monoisotopic (exact) mass is 365 g/mol. The van der Waals surface area contributed by atoms with Crippen molar-refractivity contribution in [2.45, 2.75) is 13.0 Å². The van der Waals surface area contributed by atoms with E-state index >= 15 is 0 Å². The Morgan fingerprint density at radius 1 is 1.16 bits per heavy atom. The van der Waals surface area contributed by atoms with Crippen LogP contribution in [0.25, 0.3) is 0 Å². The van der Waals surface area contributed by atoms with E-state index in [0.717, 1.165) is 5.56 Å². The van der Waals surface area contributed by atoms with Crippen LogP contribution in [0.2, 0.25) is 5.02 Å². The van der Waals surface area contributed by atoms with Crippen molar-refractivity contribution in [3.05, 3.63) is 64.4 Å². The van der Waals surface area contributed by atoms with Gasteiger partial charge >= 0.3 is 5.97 Å². The highest BCUT2D eigenvalue weighted by molar-refractivity contribution is 6.30. The first-order chi connectivity index (χ1) is 12.0. The normalized spacial score (nSPS) is 10.2. The molecule has 132 valence electrons. The summed E-state index contributed by atoms with van der Waals surface area (Å²) in [4.78, 5) is 23.6. The number of carbonyl (C=O) groups is 2. The standard InChI is InChI=1S/C18H17ClFNO4/c1-24-16-7-4-14(19)8-13(16)9-18(23)25-11-17(22)21-10-12-2-5-15(20)6-3-12/h2-8H,9-11H2,1H3,(H,21,22). The van der Waals surface area contributed by atoms with Gasteiger partial charge in [-0.3, -0.25) is 9.59 Å². The first-order valence-electron chi connectivity index (χ1n) is 7.47. The minimum Gasteiger partial charge on any atom is -0.496 e. The molecular weight excluding hydrogens is 349 g/mol. The zero-order valence-electron chi connectivity index (χ0n) is 13.6. The maximum absolute atomic E-state index is 12.8. The number of hydrogen-bond donors (Lipinski definition) is 1. The van der Waals surface area contributed by atoms with E-state index in [9.17, 15) is 14.0 Å². The molecular formula is C18H17ClFNO4. The van der Waals surface area contributed by atoms with E-state index in [1.54, 1.807) is 30.3 Å². The molecule has 5 nitrogen and oxygen atoms in total. The second-order valence-electron chi connectivity index (χ2n) is 5.20. The van der Waals surface area contributed by atoms with Gasteiger partial charge in [0.05, 0.1) is 13.5 Å². The molecule has 0 aliphatic heterocycles. The van der Waals surface area contributed by atoms with Crippen molar-refractivity contribution < 1.29 is 23.5 Å². The molecule has 1 amide bonds. The number of carbonyl (C=O) groups excluding carboxylic acids is 2. The molecule has 1 N–H and O–H groups in total. The molecule has 0 radical (unpaired) electrons. The fourth-order valence-electron chi connectivity index (χ4n) is 2.09. The first-order valence-corrected chi connectivity index (χ1v) is 7.85. The molecule has 0 aliphatic carbocycles. The lowest BCUT2D eigenvalue weighted by Gasteiger charge is -2.09. The molecule has 0 bridgehead atoms. The van der Waals surface area contributed by atoms with Crippen LogP contribution in [0.1, 0.15) is 11.1 Å². The van der Waals surface area contributed by atoms with Gasteiger partial charge in [-0.1, -0.05) is 23.7 Å². The first kappa shape index (κ1) is 18.7. The minimum atomic E-state index is -0.572. The molecule has 0 fully saturated rings. The quantitative estimate of drug-likeness (QED) is 0.766. The van der Waals surface area contributed by atoms with Crippen LogP contribution in [-0.4, -0.2) is 25.6 Å². The average Bonchev–Trinajstić information content (AvgIpc) is 2.59. The highest BCUT2D eigenvalue weighted by atomic mass is 35.5. The molecule has 0 saturated carbocycles. The van der Waals surface area contributed by atoms with E-state index in [-0.39, 0.29) is 18.8 Å². The Morgan fingerprint density at radius 3 is 2.56 bits per heavy atom. The summed E-state index contributed by atoms with van der Waals surface area (Å²) in [6.07, 6.45) is -0.0605. The Bertz CT molecular complexity index is 749. The Labute approximate surface area is 149 Å². The van der Waals surface area contributed by atoms with Gasteiger partial charge in [-0.25, -0.2) is 4.39 Å². The molecule has 25 heavy (non-hydrogen) atoms. The molecule has 0 heterocycles.